The van der Waals surface area contributed by atoms with Crippen molar-refractivity contribution in [2.45, 2.75) is 10.6 Å². The van der Waals surface area contributed by atoms with Crippen molar-refractivity contribution < 1.29 is 17.6 Å². The van der Waals surface area contributed by atoms with E-state index in [1.54, 1.807) is 36.8 Å². The molecule has 3 aromatic rings. The maximum absolute atomic E-state index is 12.0. The maximum Gasteiger partial charge on any atom is 0.250 e. The summed E-state index contributed by atoms with van der Waals surface area (Å²) >= 11 is 1.17. The van der Waals surface area contributed by atoms with E-state index < -0.39 is 10.0 Å². The van der Waals surface area contributed by atoms with E-state index in [2.05, 4.69) is 14.9 Å². The van der Waals surface area contributed by atoms with Gasteiger partial charge in [0.2, 0.25) is 21.8 Å². The van der Waals surface area contributed by atoms with E-state index in [1.807, 2.05) is 12.1 Å². The van der Waals surface area contributed by atoms with E-state index in [9.17, 15) is 8.42 Å². The quantitative estimate of drug-likeness (QED) is 0.690. The monoisotopic (exact) mass is 365 g/mol. The molecule has 0 amide bonds. The molecule has 0 unspecified atom stereocenters. The molecule has 0 bridgehead atoms. The molecule has 0 fully saturated rings. The van der Waals surface area contributed by atoms with Crippen LogP contribution >= 0.6 is 11.3 Å². The number of hydrogen-bond donors (Lipinski definition) is 1. The third-order valence-corrected chi connectivity index (χ3v) is 6.05. The molecule has 24 heavy (non-hydrogen) atoms. The van der Waals surface area contributed by atoms with Crippen LogP contribution in [0, 0.1) is 0 Å². The van der Waals surface area contributed by atoms with Crippen LogP contribution in [0.5, 0.6) is 5.75 Å². The van der Waals surface area contributed by atoms with Crippen LogP contribution in [-0.4, -0.2) is 32.3 Å². The van der Waals surface area contributed by atoms with Gasteiger partial charge in [-0.25, -0.2) is 13.1 Å². The second-order valence-corrected chi connectivity index (χ2v) is 7.75. The van der Waals surface area contributed by atoms with Crippen LogP contribution in [0.3, 0.4) is 0 Å². The van der Waals surface area contributed by atoms with Crippen LogP contribution in [-0.2, 0) is 16.4 Å². The highest BCUT2D eigenvalue weighted by Gasteiger charge is 2.15. The van der Waals surface area contributed by atoms with E-state index in [-0.39, 0.29) is 10.8 Å². The van der Waals surface area contributed by atoms with Crippen LogP contribution < -0.4 is 9.46 Å². The predicted octanol–water partition coefficient (Wildman–Crippen LogP) is 2.33. The van der Waals surface area contributed by atoms with Gasteiger partial charge < -0.3 is 9.15 Å². The Hall–Kier alpha value is -2.23. The third-order valence-electron chi connectivity index (χ3n) is 3.19. The van der Waals surface area contributed by atoms with Crippen molar-refractivity contribution in [1.82, 2.24) is 14.9 Å². The second-order valence-electron chi connectivity index (χ2n) is 4.81. The van der Waals surface area contributed by atoms with E-state index >= 15 is 0 Å². The molecule has 0 spiro atoms. The van der Waals surface area contributed by atoms with E-state index in [1.165, 1.54) is 11.3 Å². The smallest absolute Gasteiger partial charge is 0.250 e. The number of nitrogens with zero attached hydrogens (tertiary/aromatic N) is 2. The van der Waals surface area contributed by atoms with Crippen LogP contribution in [0.4, 0.5) is 0 Å². The Morgan fingerprint density at radius 1 is 1.21 bits per heavy atom. The number of thiophene rings is 1. The number of ether oxygens (including phenoxy) is 1. The summed E-state index contributed by atoms with van der Waals surface area (Å²) in [5, 5.41) is 9.63. The molecular weight excluding hydrogens is 350 g/mol. The van der Waals surface area contributed by atoms with E-state index in [0.29, 0.717) is 18.2 Å². The molecular formula is C15H15N3O4S2. The van der Waals surface area contributed by atoms with Gasteiger partial charge in [-0.3, -0.25) is 0 Å². The van der Waals surface area contributed by atoms with E-state index in [4.69, 9.17) is 9.15 Å². The van der Waals surface area contributed by atoms with E-state index in [0.717, 1.165) is 11.3 Å². The molecule has 0 aliphatic carbocycles. The number of sulfonamides is 1. The SMILES string of the molecule is COc1ccc(-c2nnc(CCNS(=O)(=O)c3cccs3)o2)cc1. The molecule has 3 rings (SSSR count). The number of aromatic nitrogens is 2. The lowest BCUT2D eigenvalue weighted by molar-refractivity contribution is 0.415. The molecule has 0 saturated heterocycles. The molecule has 0 saturated carbocycles. The molecule has 1 N–H and O–H groups in total. The highest BCUT2D eigenvalue weighted by atomic mass is 32.2. The average Bonchev–Trinajstić information content (AvgIpc) is 3.27. The zero-order valence-electron chi connectivity index (χ0n) is 12.8. The lowest BCUT2D eigenvalue weighted by Gasteiger charge is -2.02. The summed E-state index contributed by atoms with van der Waals surface area (Å²) in [5.41, 5.74) is 0.772. The second kappa shape index (κ2) is 7.12. The molecule has 9 heteroatoms. The normalized spacial score (nSPS) is 11.5. The topological polar surface area (TPSA) is 94.3 Å². The highest BCUT2D eigenvalue weighted by molar-refractivity contribution is 7.91. The maximum atomic E-state index is 12.0. The van der Waals surface area contributed by atoms with Gasteiger partial charge in [0.05, 0.1) is 7.11 Å². The molecule has 0 atom stereocenters. The van der Waals surface area contributed by atoms with Crippen LogP contribution in [0.25, 0.3) is 11.5 Å². The Labute approximate surface area is 143 Å². The first-order valence-electron chi connectivity index (χ1n) is 7.08. The summed E-state index contributed by atoms with van der Waals surface area (Å²) in [4.78, 5) is 0. The predicted molar refractivity (Wildman–Crippen MR) is 89.5 cm³/mol. The highest BCUT2D eigenvalue weighted by Crippen LogP contribution is 2.21. The lowest BCUT2D eigenvalue weighted by Crippen LogP contribution is -2.25. The number of nitrogens with one attached hydrogen (secondary N) is 1. The molecule has 0 radical (unpaired) electrons. The molecule has 126 valence electrons. The van der Waals surface area contributed by atoms with Crippen LogP contribution in [0.15, 0.2) is 50.4 Å². The van der Waals surface area contributed by atoms with Crippen molar-refractivity contribution in [3.63, 3.8) is 0 Å². The molecule has 0 aliphatic rings. The Balaban J connectivity index is 1.60. The van der Waals surface area contributed by atoms with Gasteiger partial charge in [0.15, 0.2) is 0 Å². The van der Waals surface area contributed by atoms with Gasteiger partial charge in [0.25, 0.3) is 0 Å². The Morgan fingerprint density at radius 2 is 2.00 bits per heavy atom. The van der Waals surface area contributed by atoms with Crippen molar-refractivity contribution >= 4 is 21.4 Å². The average molecular weight is 365 g/mol. The summed E-state index contributed by atoms with van der Waals surface area (Å²) in [6.07, 6.45) is 0.313. The summed E-state index contributed by atoms with van der Waals surface area (Å²) in [6, 6.07) is 10.5. The van der Waals surface area contributed by atoms with Crippen molar-refractivity contribution in [1.29, 1.82) is 0 Å². The lowest BCUT2D eigenvalue weighted by atomic mass is 10.2. The fourth-order valence-electron chi connectivity index (χ4n) is 1.98. The standard InChI is InChI=1S/C15H15N3O4S2/c1-21-12-6-4-11(5-7-12)15-18-17-13(22-15)8-9-16-24(19,20)14-3-2-10-23-14/h2-7,10,16H,8-9H2,1H3. The summed E-state index contributed by atoms with van der Waals surface area (Å²) in [6.45, 7) is 0.185. The Morgan fingerprint density at radius 3 is 2.67 bits per heavy atom. The third kappa shape index (κ3) is 3.81. The van der Waals surface area contributed by atoms with Crippen molar-refractivity contribution in [3.8, 4) is 17.2 Å². The van der Waals surface area contributed by atoms with Gasteiger partial charge >= 0.3 is 0 Å². The largest absolute Gasteiger partial charge is 0.497 e. The molecule has 2 heterocycles. The minimum atomic E-state index is -3.48. The van der Waals surface area contributed by atoms with Gasteiger partial charge in [-0.15, -0.1) is 21.5 Å². The zero-order chi connectivity index (χ0) is 17.0. The van der Waals surface area contributed by atoms with Gasteiger partial charge in [0.1, 0.15) is 9.96 Å². The summed E-state index contributed by atoms with van der Waals surface area (Å²) < 4.78 is 37.4. The van der Waals surface area contributed by atoms with Crippen molar-refractivity contribution in [2.75, 3.05) is 13.7 Å². The Bertz CT molecular complexity index is 887. The number of methoxy groups -OCH3 is 1. The van der Waals surface area contributed by atoms with Gasteiger partial charge in [-0.2, -0.15) is 0 Å². The van der Waals surface area contributed by atoms with Gasteiger partial charge in [-0.05, 0) is 35.7 Å². The zero-order valence-corrected chi connectivity index (χ0v) is 14.4. The first-order valence-corrected chi connectivity index (χ1v) is 9.45. The first-order chi connectivity index (χ1) is 11.6. The van der Waals surface area contributed by atoms with Crippen molar-refractivity contribution in [2.24, 2.45) is 0 Å². The number of benzene rings is 1. The fraction of sp³-hybridized carbons (Fsp3) is 0.200. The summed E-state index contributed by atoms with van der Waals surface area (Å²) in [7, 11) is -1.88. The minimum absolute atomic E-state index is 0.185. The fourth-order valence-corrected chi connectivity index (χ4v) is 4.05. The van der Waals surface area contributed by atoms with Crippen LogP contribution in [0.1, 0.15) is 5.89 Å². The first kappa shape index (κ1) is 16.6. The van der Waals surface area contributed by atoms with Gasteiger partial charge in [-0.1, -0.05) is 6.07 Å². The number of hydrogen-bond acceptors (Lipinski definition) is 7. The molecule has 1 aromatic carbocycles. The van der Waals surface area contributed by atoms with Crippen molar-refractivity contribution in [3.05, 3.63) is 47.7 Å². The molecule has 7 nitrogen and oxygen atoms in total. The van der Waals surface area contributed by atoms with Gasteiger partial charge in [0, 0.05) is 18.5 Å². The molecule has 0 aliphatic heterocycles. The summed E-state index contributed by atoms with van der Waals surface area (Å²) in [5.74, 6) is 1.49. The van der Waals surface area contributed by atoms with Crippen LogP contribution in [0.2, 0.25) is 0 Å². The number of rotatable bonds is 7. The minimum Gasteiger partial charge on any atom is -0.497 e. The molecule has 2 aromatic heterocycles. The Kier molecular flexibility index (Phi) is 4.93.